The number of sulfone groups is 1. The summed E-state index contributed by atoms with van der Waals surface area (Å²) in [6.45, 7) is 1.79. The van der Waals surface area contributed by atoms with Crippen LogP contribution in [-0.2, 0) is 9.84 Å². The summed E-state index contributed by atoms with van der Waals surface area (Å²) < 4.78 is 35.7. The van der Waals surface area contributed by atoms with Gasteiger partial charge in [-0.05, 0) is 48.9 Å². The van der Waals surface area contributed by atoms with Crippen molar-refractivity contribution in [2.75, 3.05) is 11.6 Å². The molecule has 0 amide bonds. The molecule has 0 saturated heterocycles. The van der Waals surface area contributed by atoms with Gasteiger partial charge in [0.15, 0.2) is 9.84 Å². The van der Waals surface area contributed by atoms with E-state index < -0.39 is 15.9 Å². The second kappa shape index (κ2) is 6.46. The zero-order valence-electron chi connectivity index (χ0n) is 12.3. The van der Waals surface area contributed by atoms with Gasteiger partial charge in [-0.15, -0.1) is 0 Å². The molecule has 22 heavy (non-hydrogen) atoms. The molecule has 0 bridgehead atoms. The molecule has 0 radical (unpaired) electrons. The van der Waals surface area contributed by atoms with Crippen molar-refractivity contribution in [3.63, 3.8) is 0 Å². The fourth-order valence-electron chi connectivity index (χ4n) is 2.09. The van der Waals surface area contributed by atoms with E-state index >= 15 is 0 Å². The maximum atomic E-state index is 12.9. The lowest BCUT2D eigenvalue weighted by atomic mass is 10.0. The second-order valence-corrected chi connectivity index (χ2v) is 7.24. The first-order valence-corrected chi connectivity index (χ1v) is 8.67. The van der Waals surface area contributed by atoms with Crippen molar-refractivity contribution in [1.82, 2.24) is 0 Å². The SMILES string of the molecule is C[C@H](Nc1ccc(S(C)(=O)=O)cc1)[C@@H](O)c1ccc(F)cc1. The Morgan fingerprint density at radius 3 is 2.09 bits per heavy atom. The van der Waals surface area contributed by atoms with Gasteiger partial charge in [0.05, 0.1) is 17.0 Å². The Labute approximate surface area is 129 Å². The molecule has 2 rings (SSSR count). The quantitative estimate of drug-likeness (QED) is 0.888. The predicted octanol–water partition coefficient (Wildman–Crippen LogP) is 2.76. The van der Waals surface area contributed by atoms with Crippen LogP contribution in [0.15, 0.2) is 53.4 Å². The normalized spacial score (nSPS) is 14.4. The van der Waals surface area contributed by atoms with Gasteiger partial charge in [-0.3, -0.25) is 0 Å². The number of rotatable bonds is 5. The average Bonchev–Trinajstić information content (AvgIpc) is 2.47. The van der Waals surface area contributed by atoms with E-state index in [1.165, 1.54) is 36.4 Å². The molecule has 118 valence electrons. The molecule has 2 aromatic rings. The summed E-state index contributed by atoms with van der Waals surface area (Å²) in [5, 5.41) is 13.3. The van der Waals surface area contributed by atoms with Crippen LogP contribution in [0.25, 0.3) is 0 Å². The Hall–Kier alpha value is -1.92. The Morgan fingerprint density at radius 2 is 1.59 bits per heavy atom. The molecule has 2 aromatic carbocycles. The number of aliphatic hydroxyl groups is 1. The second-order valence-electron chi connectivity index (χ2n) is 5.23. The molecular formula is C16H18FNO3S. The van der Waals surface area contributed by atoms with Crippen LogP contribution in [0.4, 0.5) is 10.1 Å². The molecule has 2 N–H and O–H groups in total. The van der Waals surface area contributed by atoms with Gasteiger partial charge < -0.3 is 10.4 Å². The summed E-state index contributed by atoms with van der Waals surface area (Å²) >= 11 is 0. The van der Waals surface area contributed by atoms with Gasteiger partial charge >= 0.3 is 0 Å². The van der Waals surface area contributed by atoms with Crippen molar-refractivity contribution in [2.45, 2.75) is 24.0 Å². The lowest BCUT2D eigenvalue weighted by Crippen LogP contribution is -2.24. The van der Waals surface area contributed by atoms with Gasteiger partial charge in [0.1, 0.15) is 5.82 Å². The third kappa shape index (κ3) is 4.05. The number of hydrogen-bond acceptors (Lipinski definition) is 4. The standard InChI is InChI=1S/C16H18FNO3S/c1-11(16(19)12-3-5-13(17)6-4-12)18-14-7-9-15(10-8-14)22(2,20)21/h3-11,16,18-19H,1-2H3/t11-,16+/m0/s1. The van der Waals surface area contributed by atoms with Crippen molar-refractivity contribution in [3.05, 3.63) is 59.9 Å². The maximum Gasteiger partial charge on any atom is 0.175 e. The Kier molecular flexibility index (Phi) is 4.83. The summed E-state index contributed by atoms with van der Waals surface area (Å²) in [4.78, 5) is 0.241. The Balaban J connectivity index is 2.08. The average molecular weight is 323 g/mol. The Morgan fingerprint density at radius 1 is 1.05 bits per heavy atom. The number of anilines is 1. The first-order valence-electron chi connectivity index (χ1n) is 6.77. The zero-order chi connectivity index (χ0) is 16.3. The van der Waals surface area contributed by atoms with E-state index in [-0.39, 0.29) is 16.8 Å². The van der Waals surface area contributed by atoms with E-state index in [4.69, 9.17) is 0 Å². The highest BCUT2D eigenvalue weighted by atomic mass is 32.2. The molecule has 0 fully saturated rings. The largest absolute Gasteiger partial charge is 0.386 e. The topological polar surface area (TPSA) is 66.4 Å². The highest BCUT2D eigenvalue weighted by Gasteiger charge is 2.16. The summed E-state index contributed by atoms with van der Waals surface area (Å²) in [5.41, 5.74) is 1.30. The monoisotopic (exact) mass is 323 g/mol. The van der Waals surface area contributed by atoms with Crippen LogP contribution >= 0.6 is 0 Å². The molecule has 2 atom stereocenters. The highest BCUT2D eigenvalue weighted by molar-refractivity contribution is 7.90. The summed E-state index contributed by atoms with van der Waals surface area (Å²) in [5.74, 6) is -0.354. The molecular weight excluding hydrogens is 305 g/mol. The van der Waals surface area contributed by atoms with Crippen LogP contribution in [0.1, 0.15) is 18.6 Å². The van der Waals surface area contributed by atoms with Crippen LogP contribution in [-0.4, -0.2) is 25.8 Å². The summed E-state index contributed by atoms with van der Waals surface area (Å²) in [7, 11) is -3.22. The van der Waals surface area contributed by atoms with Crippen molar-refractivity contribution >= 4 is 15.5 Å². The lowest BCUT2D eigenvalue weighted by Gasteiger charge is -2.21. The molecule has 0 aliphatic carbocycles. The summed E-state index contributed by atoms with van der Waals surface area (Å²) in [6.07, 6.45) is 0.339. The van der Waals surface area contributed by atoms with E-state index in [0.29, 0.717) is 11.3 Å². The van der Waals surface area contributed by atoms with Crippen LogP contribution < -0.4 is 5.32 Å². The number of halogens is 1. The summed E-state index contributed by atoms with van der Waals surface area (Å²) in [6, 6.07) is 11.6. The van der Waals surface area contributed by atoms with Crippen molar-refractivity contribution in [3.8, 4) is 0 Å². The van der Waals surface area contributed by atoms with Gasteiger partial charge in [-0.25, -0.2) is 12.8 Å². The van der Waals surface area contributed by atoms with Gasteiger partial charge in [-0.1, -0.05) is 12.1 Å². The molecule has 4 nitrogen and oxygen atoms in total. The fraction of sp³-hybridized carbons (Fsp3) is 0.250. The number of aliphatic hydroxyl groups excluding tert-OH is 1. The van der Waals surface area contributed by atoms with E-state index in [2.05, 4.69) is 5.32 Å². The van der Waals surface area contributed by atoms with E-state index in [9.17, 15) is 17.9 Å². The van der Waals surface area contributed by atoms with Crippen molar-refractivity contribution in [1.29, 1.82) is 0 Å². The predicted molar refractivity (Wildman–Crippen MR) is 84.0 cm³/mol. The van der Waals surface area contributed by atoms with Gasteiger partial charge in [0, 0.05) is 11.9 Å². The molecule has 0 saturated carbocycles. The Bertz CT molecular complexity index is 727. The minimum Gasteiger partial charge on any atom is -0.386 e. The van der Waals surface area contributed by atoms with E-state index in [0.717, 1.165) is 6.26 Å². The molecule has 6 heteroatoms. The third-order valence-electron chi connectivity index (χ3n) is 3.36. The van der Waals surface area contributed by atoms with Crippen molar-refractivity contribution in [2.24, 2.45) is 0 Å². The van der Waals surface area contributed by atoms with E-state index in [1.54, 1.807) is 19.1 Å². The molecule has 0 spiro atoms. The van der Waals surface area contributed by atoms with Gasteiger partial charge in [0.2, 0.25) is 0 Å². The van der Waals surface area contributed by atoms with Crippen LogP contribution in [0.3, 0.4) is 0 Å². The minimum absolute atomic E-state index is 0.241. The first kappa shape index (κ1) is 16.5. The van der Waals surface area contributed by atoms with E-state index in [1.807, 2.05) is 0 Å². The first-order chi connectivity index (χ1) is 10.3. The molecule has 0 aromatic heterocycles. The molecule has 0 aliphatic heterocycles. The number of benzene rings is 2. The number of nitrogens with one attached hydrogen (secondary N) is 1. The maximum absolute atomic E-state index is 12.9. The van der Waals surface area contributed by atoms with Crippen LogP contribution in [0.5, 0.6) is 0 Å². The smallest absolute Gasteiger partial charge is 0.175 e. The van der Waals surface area contributed by atoms with Crippen LogP contribution in [0.2, 0.25) is 0 Å². The molecule has 0 aliphatic rings. The number of hydrogen-bond donors (Lipinski definition) is 2. The molecule has 0 unspecified atom stereocenters. The van der Waals surface area contributed by atoms with Crippen LogP contribution in [0, 0.1) is 5.82 Å². The van der Waals surface area contributed by atoms with Gasteiger partial charge in [0.25, 0.3) is 0 Å². The van der Waals surface area contributed by atoms with Gasteiger partial charge in [-0.2, -0.15) is 0 Å². The third-order valence-corrected chi connectivity index (χ3v) is 4.49. The fourth-order valence-corrected chi connectivity index (χ4v) is 2.72. The highest BCUT2D eigenvalue weighted by Crippen LogP contribution is 2.21. The molecule has 0 heterocycles. The lowest BCUT2D eigenvalue weighted by molar-refractivity contribution is 0.160. The zero-order valence-corrected chi connectivity index (χ0v) is 13.1. The minimum atomic E-state index is -3.22. The van der Waals surface area contributed by atoms with Crippen molar-refractivity contribution < 1.29 is 17.9 Å².